The third kappa shape index (κ3) is 8.61. The number of allylic oxidation sites excluding steroid dienone is 2. The first-order valence-electron chi connectivity index (χ1n) is 15.4. The molecule has 3 heterocycles. The fraction of sp³-hybridized carbons (Fsp3) is 0.625. The molecule has 0 aromatic rings. The minimum atomic E-state index is -1.41. The molecule has 250 valence electrons. The summed E-state index contributed by atoms with van der Waals surface area (Å²) in [4.78, 5) is 26.5. The summed E-state index contributed by atoms with van der Waals surface area (Å²) in [5.41, 5.74) is 2.10. The quantitative estimate of drug-likeness (QED) is 0.152. The number of β-amino-alcohol motifs (C(OH)–C–C–N with tert-alkyl or cyclic N) is 1. The normalized spacial score (nSPS) is 32.4. The molecule has 13 heteroatoms. The summed E-state index contributed by atoms with van der Waals surface area (Å²) >= 11 is 0. The van der Waals surface area contributed by atoms with Crippen LogP contribution in [0.2, 0.25) is 0 Å². The van der Waals surface area contributed by atoms with Gasteiger partial charge in [-0.2, -0.15) is 0 Å². The largest absolute Gasteiger partial charge is 0.478 e. The highest BCUT2D eigenvalue weighted by atomic mass is 16.8. The number of aliphatic carboxylic acids is 1. The zero-order valence-electron chi connectivity index (χ0n) is 25.7. The van der Waals surface area contributed by atoms with E-state index in [0.717, 1.165) is 32.1 Å². The molecule has 0 aromatic heterocycles. The summed E-state index contributed by atoms with van der Waals surface area (Å²) in [5, 5.41) is 50.1. The number of hydrogen-bond acceptors (Lipinski definition) is 12. The number of aliphatic hydroxyl groups excluding tert-OH is 4. The Morgan fingerprint density at radius 1 is 1.11 bits per heavy atom. The zero-order chi connectivity index (χ0) is 32.5. The lowest BCUT2D eigenvalue weighted by Crippen LogP contribution is -2.61. The van der Waals surface area contributed by atoms with Crippen LogP contribution < -0.4 is 0 Å². The molecule has 4 rings (SSSR count). The maximum atomic E-state index is 13.0. The van der Waals surface area contributed by atoms with Gasteiger partial charge in [-0.3, -0.25) is 0 Å². The molecule has 0 amide bonds. The second kappa shape index (κ2) is 16.5. The minimum absolute atomic E-state index is 0.0581. The highest BCUT2D eigenvalue weighted by molar-refractivity contribution is 5.90. The van der Waals surface area contributed by atoms with Crippen molar-refractivity contribution in [3.8, 4) is 0 Å². The Morgan fingerprint density at radius 3 is 2.51 bits per heavy atom. The van der Waals surface area contributed by atoms with Gasteiger partial charge in [-0.15, -0.1) is 0 Å². The van der Waals surface area contributed by atoms with Gasteiger partial charge >= 0.3 is 11.9 Å². The molecular formula is C32H45NO12. The topological polar surface area (TPSA) is 185 Å². The third-order valence-corrected chi connectivity index (χ3v) is 8.41. The van der Waals surface area contributed by atoms with E-state index in [4.69, 9.17) is 23.7 Å². The van der Waals surface area contributed by atoms with Crippen molar-refractivity contribution in [2.45, 2.75) is 76.0 Å². The molecule has 8 atom stereocenters. The maximum absolute atomic E-state index is 13.0. The lowest BCUT2D eigenvalue weighted by atomic mass is 9.80. The number of ether oxygens (including phenoxy) is 5. The second-order valence-corrected chi connectivity index (χ2v) is 11.5. The van der Waals surface area contributed by atoms with Gasteiger partial charge in [-0.1, -0.05) is 30.2 Å². The van der Waals surface area contributed by atoms with Crippen molar-refractivity contribution in [2.75, 3.05) is 40.0 Å². The first-order valence-corrected chi connectivity index (χ1v) is 15.4. The predicted molar refractivity (Wildman–Crippen MR) is 159 cm³/mol. The molecule has 0 bridgehead atoms. The average molecular weight is 636 g/mol. The third-order valence-electron chi connectivity index (χ3n) is 8.41. The Hall–Kier alpha value is -3.04. The zero-order valence-corrected chi connectivity index (χ0v) is 25.7. The monoisotopic (exact) mass is 635 g/mol. The van der Waals surface area contributed by atoms with Crippen LogP contribution in [0.1, 0.15) is 39.0 Å². The van der Waals surface area contributed by atoms with E-state index in [-0.39, 0.29) is 30.9 Å². The summed E-state index contributed by atoms with van der Waals surface area (Å²) in [6.07, 6.45) is 7.44. The van der Waals surface area contributed by atoms with Crippen molar-refractivity contribution in [1.29, 1.82) is 0 Å². The van der Waals surface area contributed by atoms with E-state index < -0.39 is 67.4 Å². The Labute approximate surface area is 262 Å². The number of esters is 1. The van der Waals surface area contributed by atoms with Crippen molar-refractivity contribution < 1.29 is 58.8 Å². The number of carboxylic acid groups (broad SMARTS) is 1. The standard InChI is InChI=1S/C32H45NO12/c1-3-42-28-27(37)26(36)25(17-35)44-32(28)45-31-23(14-19-7-5-4-6-8-19)22(24(18-43-31)30(40)41-2)10-9-20-13-21(29(38)39)16-33(15-20)11-12-34/h9-10,13-14,16,18,22-23,25-28,31-32,34-37H,3-8,11-12,15,17H2,1-2H3,(H,38,39)/b10-9+/t22-,23+,25+,26+,27-,28+,31-,32-/m0/s1. The molecule has 1 aliphatic carbocycles. The number of aliphatic hydroxyl groups is 4. The van der Waals surface area contributed by atoms with Gasteiger partial charge in [0.05, 0.1) is 43.6 Å². The van der Waals surface area contributed by atoms with Gasteiger partial charge in [0.25, 0.3) is 0 Å². The summed E-state index contributed by atoms with van der Waals surface area (Å²) in [6, 6.07) is 0. The van der Waals surface area contributed by atoms with Crippen LogP contribution in [0.15, 0.2) is 59.1 Å². The Balaban J connectivity index is 1.72. The first-order chi connectivity index (χ1) is 21.7. The van der Waals surface area contributed by atoms with Gasteiger partial charge in [-0.25, -0.2) is 9.59 Å². The summed E-state index contributed by atoms with van der Waals surface area (Å²) in [7, 11) is 1.27. The van der Waals surface area contributed by atoms with Gasteiger partial charge in [-0.05, 0) is 44.3 Å². The Kier molecular flexibility index (Phi) is 12.8. The van der Waals surface area contributed by atoms with Crippen LogP contribution in [0.3, 0.4) is 0 Å². The number of hydrogen-bond donors (Lipinski definition) is 5. The van der Waals surface area contributed by atoms with Gasteiger partial charge in [0.2, 0.25) is 6.29 Å². The van der Waals surface area contributed by atoms with Crippen LogP contribution >= 0.6 is 0 Å². The molecule has 45 heavy (non-hydrogen) atoms. The summed E-state index contributed by atoms with van der Waals surface area (Å²) < 4.78 is 28.9. The maximum Gasteiger partial charge on any atom is 0.337 e. The Bertz CT molecular complexity index is 1180. The van der Waals surface area contributed by atoms with Crippen LogP contribution in [0.25, 0.3) is 0 Å². The lowest BCUT2D eigenvalue weighted by molar-refractivity contribution is -0.344. The molecular weight excluding hydrogens is 590 g/mol. The van der Waals surface area contributed by atoms with Crippen LogP contribution in [-0.4, -0.2) is 119 Å². The van der Waals surface area contributed by atoms with Crippen molar-refractivity contribution in [3.63, 3.8) is 0 Å². The van der Waals surface area contributed by atoms with Crippen LogP contribution in [0, 0.1) is 11.8 Å². The van der Waals surface area contributed by atoms with E-state index in [0.29, 0.717) is 12.1 Å². The van der Waals surface area contributed by atoms with E-state index >= 15 is 0 Å². The van der Waals surface area contributed by atoms with Gasteiger partial charge in [0, 0.05) is 31.8 Å². The second-order valence-electron chi connectivity index (χ2n) is 11.5. The van der Waals surface area contributed by atoms with Gasteiger partial charge in [0.1, 0.15) is 24.4 Å². The van der Waals surface area contributed by atoms with Crippen molar-refractivity contribution in [2.24, 2.45) is 11.8 Å². The molecule has 13 nitrogen and oxygen atoms in total. The highest BCUT2D eigenvalue weighted by Gasteiger charge is 2.48. The molecule has 5 N–H and O–H groups in total. The molecule has 0 unspecified atom stereocenters. The van der Waals surface area contributed by atoms with Gasteiger partial charge in [0.15, 0.2) is 6.29 Å². The average Bonchev–Trinajstić information content (AvgIpc) is 3.04. The molecule has 2 fully saturated rings. The van der Waals surface area contributed by atoms with Crippen LogP contribution in [0.5, 0.6) is 0 Å². The number of nitrogens with zero attached hydrogens (tertiary/aromatic N) is 1. The molecule has 3 aliphatic heterocycles. The lowest BCUT2D eigenvalue weighted by Gasteiger charge is -2.44. The predicted octanol–water partition coefficient (Wildman–Crippen LogP) is 1.14. The smallest absolute Gasteiger partial charge is 0.337 e. The van der Waals surface area contributed by atoms with Crippen molar-refractivity contribution >= 4 is 11.9 Å². The molecule has 0 spiro atoms. The molecule has 1 saturated carbocycles. The SMILES string of the molecule is CCO[C@H]1[C@H](O[C@@H]2OC=C(C(=O)OC)[C@@H](/C=C/C3=CC(C(=O)O)=CN(CCO)C3)[C@H]2C=C2CCCCC2)O[C@H](CO)[C@@H](O)[C@@H]1O. The molecule has 0 aromatic carbocycles. The number of carbonyl (C=O) groups excluding carboxylic acids is 1. The van der Waals surface area contributed by atoms with Crippen molar-refractivity contribution in [3.05, 3.63) is 59.1 Å². The van der Waals surface area contributed by atoms with Gasteiger partial charge < -0.3 is 54.1 Å². The van der Waals surface area contributed by atoms with Crippen molar-refractivity contribution in [1.82, 2.24) is 4.90 Å². The first kappa shape index (κ1) is 34.8. The molecule has 1 saturated heterocycles. The van der Waals surface area contributed by atoms with E-state index in [1.54, 1.807) is 30.1 Å². The van der Waals surface area contributed by atoms with E-state index in [2.05, 4.69) is 0 Å². The fourth-order valence-electron chi connectivity index (χ4n) is 6.11. The van der Waals surface area contributed by atoms with Crippen LogP contribution in [-0.2, 0) is 33.3 Å². The fourth-order valence-corrected chi connectivity index (χ4v) is 6.11. The highest BCUT2D eigenvalue weighted by Crippen LogP contribution is 2.39. The molecule has 4 aliphatic rings. The van der Waals surface area contributed by atoms with E-state index in [1.165, 1.54) is 25.1 Å². The minimum Gasteiger partial charge on any atom is -0.478 e. The van der Waals surface area contributed by atoms with E-state index in [9.17, 15) is 35.1 Å². The number of carboxylic acids is 1. The Morgan fingerprint density at radius 2 is 1.87 bits per heavy atom. The van der Waals surface area contributed by atoms with Crippen LogP contribution in [0.4, 0.5) is 0 Å². The number of carbonyl (C=O) groups is 2. The summed E-state index contributed by atoms with van der Waals surface area (Å²) in [6.45, 7) is 1.78. The summed E-state index contributed by atoms with van der Waals surface area (Å²) in [5.74, 6) is -2.96. The van der Waals surface area contributed by atoms with E-state index in [1.807, 2.05) is 6.08 Å². The number of methoxy groups -OCH3 is 1. The number of rotatable bonds is 12. The molecule has 0 radical (unpaired) electrons.